The number of hydrogen-bond donors (Lipinski definition) is 3. The van der Waals surface area contributed by atoms with Gasteiger partial charge in [0.25, 0.3) is 16.0 Å². The average Bonchev–Trinajstić information content (AvgIpc) is 3.01. The van der Waals surface area contributed by atoms with Crippen LogP contribution < -0.4 is 11.1 Å². The van der Waals surface area contributed by atoms with Crippen molar-refractivity contribution in [1.82, 2.24) is 10.2 Å². The Morgan fingerprint density at radius 3 is 2.28 bits per heavy atom. The van der Waals surface area contributed by atoms with Crippen LogP contribution in [0.15, 0.2) is 53.4 Å². The number of fused-ring (bicyclic) bond motifs is 1. The summed E-state index contributed by atoms with van der Waals surface area (Å²) < 4.78 is 29.2. The van der Waals surface area contributed by atoms with Crippen molar-refractivity contribution in [2.24, 2.45) is 0 Å². The number of nitrogens with two attached hydrogens (primary N) is 1. The molecule has 2 heterocycles. The molecule has 10 heteroatoms. The second kappa shape index (κ2) is 8.02. The van der Waals surface area contributed by atoms with E-state index in [4.69, 9.17) is 10.3 Å². The molecule has 1 atom stereocenters. The number of carbonyl (C=O) groups excluding carboxylic acids is 3. The number of nitrogen functional groups attached to an aromatic ring is 1. The zero-order chi connectivity index (χ0) is 21.2. The van der Waals surface area contributed by atoms with Crippen molar-refractivity contribution in [3.05, 3.63) is 59.7 Å². The van der Waals surface area contributed by atoms with Crippen molar-refractivity contribution in [3.8, 4) is 0 Å². The highest BCUT2D eigenvalue weighted by atomic mass is 32.2. The number of hydrogen-bond acceptors (Lipinski definition) is 6. The van der Waals surface area contributed by atoms with Gasteiger partial charge >= 0.3 is 0 Å². The number of nitrogens with zero attached hydrogens (tertiary/aromatic N) is 1. The summed E-state index contributed by atoms with van der Waals surface area (Å²) in [6, 6.07) is 12.0. The predicted octanol–water partition coefficient (Wildman–Crippen LogP) is 0.963. The van der Waals surface area contributed by atoms with E-state index in [2.05, 4.69) is 5.32 Å². The number of rotatable bonds is 2. The van der Waals surface area contributed by atoms with Crippen LogP contribution in [0.25, 0.3) is 0 Å². The molecule has 1 fully saturated rings. The topological polar surface area (TPSA) is 147 Å². The highest BCUT2D eigenvalue weighted by Gasteiger charge is 2.39. The van der Waals surface area contributed by atoms with Crippen LogP contribution >= 0.6 is 0 Å². The van der Waals surface area contributed by atoms with Crippen LogP contribution in [0.3, 0.4) is 0 Å². The zero-order valence-electron chi connectivity index (χ0n) is 15.2. The monoisotopic (exact) mass is 417 g/mol. The number of piperidine rings is 1. The number of carbonyl (C=O) groups is 3. The molecule has 4 N–H and O–H groups in total. The summed E-state index contributed by atoms with van der Waals surface area (Å²) in [7, 11) is -4.00. The first-order valence-corrected chi connectivity index (χ1v) is 10.2. The SMILES string of the molecule is Nc1cccc2c1CN(C1CCC(=O)NC1=O)C2=O.O=S(=O)(O)c1ccccc1. The number of anilines is 1. The highest BCUT2D eigenvalue weighted by molar-refractivity contribution is 7.85. The number of benzene rings is 2. The fraction of sp³-hybridized carbons (Fsp3) is 0.211. The van der Waals surface area contributed by atoms with Gasteiger partial charge in [-0.25, -0.2) is 0 Å². The van der Waals surface area contributed by atoms with Gasteiger partial charge in [0.1, 0.15) is 6.04 Å². The summed E-state index contributed by atoms with van der Waals surface area (Å²) in [5.74, 6) is -0.891. The van der Waals surface area contributed by atoms with E-state index in [1.807, 2.05) is 0 Å². The summed E-state index contributed by atoms with van der Waals surface area (Å²) in [5.41, 5.74) is 7.71. The van der Waals surface area contributed by atoms with Crippen LogP contribution in [-0.4, -0.2) is 41.6 Å². The van der Waals surface area contributed by atoms with Crippen molar-refractivity contribution < 1.29 is 27.4 Å². The zero-order valence-corrected chi connectivity index (χ0v) is 16.1. The number of amides is 3. The third kappa shape index (κ3) is 4.44. The van der Waals surface area contributed by atoms with E-state index in [0.29, 0.717) is 24.2 Å². The molecular formula is C19H19N3O6S. The van der Waals surface area contributed by atoms with E-state index >= 15 is 0 Å². The van der Waals surface area contributed by atoms with Crippen LogP contribution in [0.2, 0.25) is 0 Å². The van der Waals surface area contributed by atoms with Crippen molar-refractivity contribution in [2.45, 2.75) is 30.3 Å². The fourth-order valence-electron chi connectivity index (χ4n) is 3.20. The lowest BCUT2D eigenvalue weighted by atomic mass is 10.0. The number of nitrogens with one attached hydrogen (secondary N) is 1. The maximum Gasteiger partial charge on any atom is 0.294 e. The maximum atomic E-state index is 12.3. The lowest BCUT2D eigenvalue weighted by molar-refractivity contribution is -0.136. The average molecular weight is 417 g/mol. The molecule has 1 saturated heterocycles. The fourth-order valence-corrected chi connectivity index (χ4v) is 3.70. The number of imide groups is 1. The van der Waals surface area contributed by atoms with Crippen LogP contribution in [0, 0.1) is 0 Å². The van der Waals surface area contributed by atoms with Gasteiger partial charge in [-0.15, -0.1) is 0 Å². The third-order valence-corrected chi connectivity index (χ3v) is 5.53. The van der Waals surface area contributed by atoms with Crippen molar-refractivity contribution in [1.29, 1.82) is 0 Å². The van der Waals surface area contributed by atoms with Gasteiger partial charge in [-0.2, -0.15) is 8.42 Å². The molecular weight excluding hydrogens is 398 g/mol. The molecule has 29 heavy (non-hydrogen) atoms. The van der Waals surface area contributed by atoms with Crippen LogP contribution in [0.1, 0.15) is 28.8 Å². The van der Waals surface area contributed by atoms with E-state index in [-0.39, 0.29) is 23.1 Å². The Labute approximate surface area is 167 Å². The van der Waals surface area contributed by atoms with Gasteiger partial charge in [0.05, 0.1) is 4.90 Å². The predicted molar refractivity (Wildman–Crippen MR) is 103 cm³/mol. The maximum absolute atomic E-state index is 12.3. The first-order chi connectivity index (χ1) is 13.7. The second-order valence-electron chi connectivity index (χ2n) is 6.56. The molecule has 2 aliphatic rings. The van der Waals surface area contributed by atoms with Gasteiger partial charge < -0.3 is 10.6 Å². The molecule has 152 valence electrons. The smallest absolute Gasteiger partial charge is 0.294 e. The highest BCUT2D eigenvalue weighted by Crippen LogP contribution is 2.30. The lowest BCUT2D eigenvalue weighted by Gasteiger charge is -2.29. The summed E-state index contributed by atoms with van der Waals surface area (Å²) in [4.78, 5) is 36.6. The van der Waals surface area contributed by atoms with Gasteiger partial charge in [-0.1, -0.05) is 24.3 Å². The third-order valence-electron chi connectivity index (χ3n) is 4.66. The molecule has 1 unspecified atom stereocenters. The van der Waals surface area contributed by atoms with E-state index in [9.17, 15) is 22.8 Å². The molecule has 2 aromatic rings. The summed E-state index contributed by atoms with van der Waals surface area (Å²) in [6.07, 6.45) is 0.621. The van der Waals surface area contributed by atoms with Gasteiger partial charge in [0, 0.05) is 29.8 Å². The molecule has 2 aromatic carbocycles. The standard InChI is InChI=1S/C13H13N3O3.C6H6O3S/c14-9-3-1-2-7-8(9)6-16(13(7)19)10-4-5-11(17)15-12(10)18;7-10(8,9)6-4-2-1-3-5-6/h1-3,10H,4-6,14H2,(H,15,17,18);1-5H,(H,7,8,9). The summed E-state index contributed by atoms with van der Waals surface area (Å²) >= 11 is 0. The Morgan fingerprint density at radius 2 is 1.72 bits per heavy atom. The van der Waals surface area contributed by atoms with E-state index in [1.165, 1.54) is 17.0 Å². The van der Waals surface area contributed by atoms with Gasteiger partial charge in [0.2, 0.25) is 11.8 Å². The summed E-state index contributed by atoms with van der Waals surface area (Å²) in [5, 5.41) is 2.27. The summed E-state index contributed by atoms with van der Waals surface area (Å²) in [6.45, 7) is 0.327. The quantitative estimate of drug-likeness (QED) is 0.375. The largest absolute Gasteiger partial charge is 0.398 e. The molecule has 0 radical (unpaired) electrons. The first kappa shape index (κ1) is 20.5. The Kier molecular flexibility index (Phi) is 5.66. The van der Waals surface area contributed by atoms with Crippen molar-refractivity contribution >= 4 is 33.5 Å². The normalized spacial score (nSPS) is 18.6. The van der Waals surface area contributed by atoms with Crippen molar-refractivity contribution in [3.63, 3.8) is 0 Å². The first-order valence-electron chi connectivity index (χ1n) is 8.73. The van der Waals surface area contributed by atoms with Crippen LogP contribution in [-0.2, 0) is 26.3 Å². The Balaban J connectivity index is 0.000000204. The molecule has 9 nitrogen and oxygen atoms in total. The Hall–Kier alpha value is -3.24. The minimum Gasteiger partial charge on any atom is -0.398 e. The molecule has 2 aliphatic heterocycles. The minimum atomic E-state index is -4.00. The van der Waals surface area contributed by atoms with E-state index in [0.717, 1.165) is 5.56 Å². The molecule has 4 rings (SSSR count). The molecule has 0 aliphatic carbocycles. The lowest BCUT2D eigenvalue weighted by Crippen LogP contribution is -2.52. The minimum absolute atomic E-state index is 0.0741. The molecule has 0 saturated carbocycles. The van der Waals surface area contributed by atoms with E-state index < -0.39 is 22.1 Å². The molecule has 0 spiro atoms. The molecule has 3 amide bonds. The van der Waals surface area contributed by atoms with Crippen LogP contribution in [0.5, 0.6) is 0 Å². The Bertz CT molecular complexity index is 1070. The van der Waals surface area contributed by atoms with Gasteiger partial charge in [0.15, 0.2) is 0 Å². The Morgan fingerprint density at radius 1 is 1.03 bits per heavy atom. The van der Waals surface area contributed by atoms with Crippen molar-refractivity contribution in [2.75, 3.05) is 5.73 Å². The van der Waals surface area contributed by atoms with E-state index in [1.54, 1.807) is 36.4 Å². The van der Waals surface area contributed by atoms with Gasteiger partial charge in [-0.05, 0) is 30.7 Å². The second-order valence-corrected chi connectivity index (χ2v) is 7.98. The van der Waals surface area contributed by atoms with Crippen LogP contribution in [0.4, 0.5) is 5.69 Å². The molecule has 0 aromatic heterocycles. The molecule has 0 bridgehead atoms. The van der Waals surface area contributed by atoms with Gasteiger partial charge in [-0.3, -0.25) is 24.3 Å².